The Bertz CT molecular complexity index is 914. The fourth-order valence-electron chi connectivity index (χ4n) is 1.96. The highest BCUT2D eigenvalue weighted by molar-refractivity contribution is 7.14. The van der Waals surface area contributed by atoms with E-state index in [1.54, 1.807) is 18.2 Å². The molecular formula is C15H7ClF10N2OS. The van der Waals surface area contributed by atoms with Gasteiger partial charge in [0.1, 0.15) is 0 Å². The number of rotatable bonds is 7. The van der Waals surface area contributed by atoms with E-state index in [9.17, 15) is 48.7 Å². The molecule has 0 saturated carbocycles. The molecule has 0 fully saturated rings. The zero-order valence-corrected chi connectivity index (χ0v) is 15.5. The molecule has 0 unspecified atom stereocenters. The zero-order chi connectivity index (χ0) is 23.2. The molecule has 2 rings (SSSR count). The smallest absolute Gasteiger partial charge is 0.296 e. The maximum Gasteiger partial charge on any atom is 0.393 e. The molecule has 0 spiro atoms. The van der Waals surface area contributed by atoms with Gasteiger partial charge in [-0.3, -0.25) is 10.1 Å². The third-order valence-electron chi connectivity index (χ3n) is 3.62. The molecule has 1 aromatic heterocycles. The minimum atomic E-state index is -7.41. The van der Waals surface area contributed by atoms with E-state index in [1.807, 2.05) is 0 Å². The van der Waals surface area contributed by atoms with Crippen LogP contribution in [0.25, 0.3) is 11.3 Å². The number of nitrogens with one attached hydrogen (secondary N) is 1. The van der Waals surface area contributed by atoms with Crippen molar-refractivity contribution in [3.63, 3.8) is 0 Å². The molecule has 1 amide bonds. The quantitative estimate of drug-likeness (QED) is 0.377. The van der Waals surface area contributed by atoms with E-state index in [-0.39, 0.29) is 5.69 Å². The van der Waals surface area contributed by atoms with Crippen LogP contribution in [0.5, 0.6) is 0 Å². The number of anilines is 1. The molecule has 0 aliphatic rings. The van der Waals surface area contributed by atoms with Crippen molar-refractivity contribution in [1.29, 1.82) is 0 Å². The normalized spacial score (nSPS) is 14.0. The first kappa shape index (κ1) is 24.2. The van der Waals surface area contributed by atoms with Crippen molar-refractivity contribution in [3.8, 4) is 11.3 Å². The lowest BCUT2D eigenvalue weighted by atomic mass is 9.98. The lowest BCUT2D eigenvalue weighted by Crippen LogP contribution is -2.68. The van der Waals surface area contributed by atoms with Gasteiger partial charge in [-0.2, -0.15) is 43.9 Å². The van der Waals surface area contributed by atoms with Crippen molar-refractivity contribution in [3.05, 3.63) is 35.7 Å². The highest BCUT2D eigenvalue weighted by atomic mass is 35.5. The number of carbonyl (C=O) groups is 1. The Hall–Kier alpha value is -2.09. The number of halogens is 11. The summed E-state index contributed by atoms with van der Waals surface area (Å²) in [4.78, 5) is 15.1. The van der Waals surface area contributed by atoms with Gasteiger partial charge < -0.3 is 0 Å². The van der Waals surface area contributed by atoms with Crippen LogP contribution in [0.4, 0.5) is 49.0 Å². The molecule has 0 radical (unpaired) electrons. The molecular weight excluding hydrogens is 482 g/mol. The molecule has 0 saturated heterocycles. The predicted molar refractivity (Wildman–Crippen MR) is 86.8 cm³/mol. The third-order valence-corrected chi connectivity index (χ3v) is 4.61. The average Bonchev–Trinajstić information content (AvgIpc) is 3.09. The Kier molecular flexibility index (Phi) is 6.09. The van der Waals surface area contributed by atoms with Crippen molar-refractivity contribution in [2.45, 2.75) is 29.1 Å². The second-order valence-corrected chi connectivity index (χ2v) is 6.99. The minimum Gasteiger partial charge on any atom is -0.296 e. The fraction of sp³-hybridized carbons (Fsp3) is 0.333. The summed E-state index contributed by atoms with van der Waals surface area (Å²) in [6, 6.07) is 7.71. The van der Waals surface area contributed by atoms with Gasteiger partial charge in [0.25, 0.3) is 0 Å². The molecule has 166 valence electrons. The van der Waals surface area contributed by atoms with Gasteiger partial charge in [-0.15, -0.1) is 11.3 Å². The molecule has 15 heteroatoms. The van der Waals surface area contributed by atoms with Crippen LogP contribution < -0.4 is 5.32 Å². The van der Waals surface area contributed by atoms with Gasteiger partial charge in [0.15, 0.2) is 5.13 Å². The van der Waals surface area contributed by atoms with Crippen LogP contribution in [0.15, 0.2) is 35.7 Å². The Balaban J connectivity index is 2.31. The average molecular weight is 489 g/mol. The van der Waals surface area contributed by atoms with Crippen LogP contribution in [0.3, 0.4) is 0 Å². The standard InChI is InChI=1S/C15H7ClF10N2OS/c16-15(25,26)14(23,24)13(21,22)12(19,20)11(17,18)9(29)28-10-27-8(6-30-10)7-4-2-1-3-5-7/h1-6H,(H,27,28,29). The molecule has 0 bridgehead atoms. The summed E-state index contributed by atoms with van der Waals surface area (Å²) in [5.41, 5.74) is 0.478. The zero-order valence-electron chi connectivity index (χ0n) is 13.9. The van der Waals surface area contributed by atoms with Gasteiger partial charge in [-0.1, -0.05) is 30.3 Å². The van der Waals surface area contributed by atoms with E-state index in [0.717, 1.165) is 5.32 Å². The minimum absolute atomic E-state index is 0.0737. The highest BCUT2D eigenvalue weighted by Gasteiger charge is 2.87. The summed E-state index contributed by atoms with van der Waals surface area (Å²) < 4.78 is 132. The number of benzene rings is 1. The molecule has 1 aromatic carbocycles. The van der Waals surface area contributed by atoms with E-state index in [0.29, 0.717) is 16.9 Å². The van der Waals surface area contributed by atoms with Crippen molar-refractivity contribution in [2.24, 2.45) is 0 Å². The number of amides is 1. The maximum atomic E-state index is 13.7. The van der Waals surface area contributed by atoms with E-state index in [4.69, 9.17) is 0 Å². The first-order chi connectivity index (χ1) is 13.5. The van der Waals surface area contributed by atoms with Crippen LogP contribution in [-0.4, -0.2) is 40.0 Å². The van der Waals surface area contributed by atoms with Crippen molar-refractivity contribution in [2.75, 3.05) is 5.32 Å². The molecule has 0 aliphatic carbocycles. The van der Waals surface area contributed by atoms with Crippen LogP contribution in [0.2, 0.25) is 0 Å². The lowest BCUT2D eigenvalue weighted by molar-refractivity contribution is -0.381. The number of alkyl halides is 11. The maximum absolute atomic E-state index is 13.7. The summed E-state index contributed by atoms with van der Waals surface area (Å²) in [6.45, 7) is 0. The van der Waals surface area contributed by atoms with Gasteiger partial charge in [0, 0.05) is 10.9 Å². The second-order valence-electron chi connectivity index (χ2n) is 5.65. The number of carbonyl (C=O) groups excluding carboxylic acids is 1. The molecule has 30 heavy (non-hydrogen) atoms. The molecule has 1 heterocycles. The van der Waals surface area contributed by atoms with Gasteiger partial charge in [0.2, 0.25) is 0 Å². The monoisotopic (exact) mass is 488 g/mol. The van der Waals surface area contributed by atoms with E-state index in [1.165, 1.54) is 17.5 Å². The first-order valence-corrected chi connectivity index (χ1v) is 8.63. The van der Waals surface area contributed by atoms with Crippen LogP contribution in [0.1, 0.15) is 0 Å². The molecule has 3 nitrogen and oxygen atoms in total. The highest BCUT2D eigenvalue weighted by Crippen LogP contribution is 2.58. The fourth-order valence-corrected chi connectivity index (χ4v) is 2.80. The van der Waals surface area contributed by atoms with Crippen molar-refractivity contribution < 1.29 is 48.7 Å². The van der Waals surface area contributed by atoms with Crippen molar-refractivity contribution >= 4 is 34.0 Å². The van der Waals surface area contributed by atoms with Crippen LogP contribution >= 0.6 is 22.9 Å². The second kappa shape index (κ2) is 7.55. The van der Waals surface area contributed by atoms with Gasteiger partial charge >= 0.3 is 35.0 Å². The SMILES string of the molecule is O=C(Nc1nc(-c2ccccc2)cs1)C(F)(F)C(F)(F)C(F)(F)C(F)(F)C(F)(F)Cl. The Labute approximate surface area is 169 Å². The van der Waals surface area contributed by atoms with Crippen molar-refractivity contribution in [1.82, 2.24) is 4.98 Å². The number of thiazole rings is 1. The number of nitrogens with zero attached hydrogens (tertiary/aromatic N) is 1. The number of hydrogen-bond donors (Lipinski definition) is 1. The first-order valence-electron chi connectivity index (χ1n) is 7.37. The summed E-state index contributed by atoms with van der Waals surface area (Å²) >= 11 is 4.10. The Morgan fingerprint density at radius 3 is 1.90 bits per heavy atom. The Morgan fingerprint density at radius 2 is 1.40 bits per heavy atom. The largest absolute Gasteiger partial charge is 0.393 e. The third kappa shape index (κ3) is 3.82. The summed E-state index contributed by atoms with van der Waals surface area (Å²) in [7, 11) is 0. The van der Waals surface area contributed by atoms with E-state index < -0.39 is 40.1 Å². The molecule has 0 aliphatic heterocycles. The molecule has 1 N–H and O–H groups in total. The number of aromatic nitrogens is 1. The summed E-state index contributed by atoms with van der Waals surface area (Å²) in [6.07, 6.45) is 0. The van der Waals surface area contributed by atoms with E-state index >= 15 is 0 Å². The number of hydrogen-bond acceptors (Lipinski definition) is 3. The van der Waals surface area contributed by atoms with Gasteiger partial charge in [-0.25, -0.2) is 4.98 Å². The topological polar surface area (TPSA) is 42.0 Å². The van der Waals surface area contributed by atoms with E-state index in [2.05, 4.69) is 16.6 Å². The molecule has 2 aromatic rings. The Morgan fingerprint density at radius 1 is 0.867 bits per heavy atom. The lowest BCUT2D eigenvalue weighted by Gasteiger charge is -2.37. The summed E-state index contributed by atoms with van der Waals surface area (Å²) in [5.74, 6) is -31.5. The van der Waals surface area contributed by atoms with Crippen LogP contribution in [0, 0.1) is 0 Å². The van der Waals surface area contributed by atoms with Gasteiger partial charge in [0.05, 0.1) is 5.69 Å². The summed E-state index contributed by atoms with van der Waals surface area (Å²) in [5, 5.41) is -4.84. The van der Waals surface area contributed by atoms with Gasteiger partial charge in [-0.05, 0) is 11.6 Å². The molecule has 0 atom stereocenters. The van der Waals surface area contributed by atoms with Crippen LogP contribution in [-0.2, 0) is 4.79 Å². The predicted octanol–water partition coefficient (Wildman–Crippen LogP) is 6.12.